The first kappa shape index (κ1) is 17.0. The third-order valence-electron chi connectivity index (χ3n) is 4.28. The number of methoxy groups -OCH3 is 1. The van der Waals surface area contributed by atoms with Crippen molar-refractivity contribution in [2.45, 2.75) is 18.4 Å². The fourth-order valence-electron chi connectivity index (χ4n) is 2.74. The molecule has 1 aromatic heterocycles. The number of anilines is 1. The second kappa shape index (κ2) is 6.98. The van der Waals surface area contributed by atoms with Gasteiger partial charge in [-0.15, -0.1) is 0 Å². The highest BCUT2D eigenvalue weighted by molar-refractivity contribution is 6.39. The van der Waals surface area contributed by atoms with E-state index < -0.39 is 17.4 Å². The van der Waals surface area contributed by atoms with Crippen molar-refractivity contribution >= 4 is 17.5 Å². The van der Waals surface area contributed by atoms with Crippen LogP contribution in [-0.2, 0) is 15.2 Å². The molecule has 1 saturated carbocycles. The van der Waals surface area contributed by atoms with Crippen molar-refractivity contribution in [2.24, 2.45) is 5.92 Å². The van der Waals surface area contributed by atoms with Crippen molar-refractivity contribution < 1.29 is 23.8 Å². The van der Waals surface area contributed by atoms with Crippen LogP contribution in [0.1, 0.15) is 18.6 Å². The summed E-state index contributed by atoms with van der Waals surface area (Å²) in [5.41, 5.74) is -0.905. The third-order valence-corrected chi connectivity index (χ3v) is 4.28. The summed E-state index contributed by atoms with van der Waals surface area (Å²) >= 11 is 0. The van der Waals surface area contributed by atoms with Gasteiger partial charge in [-0.1, -0.05) is 12.1 Å². The Labute approximate surface area is 145 Å². The van der Waals surface area contributed by atoms with Crippen molar-refractivity contribution in [2.75, 3.05) is 19.0 Å². The molecule has 132 valence electrons. The maximum Gasteiger partial charge on any atom is 0.313 e. The molecular formula is C18H20N2O5. The normalized spacial score (nSPS) is 15.9. The van der Waals surface area contributed by atoms with E-state index in [0.29, 0.717) is 17.2 Å². The summed E-state index contributed by atoms with van der Waals surface area (Å²) in [7, 11) is 1.48. The van der Waals surface area contributed by atoms with Crippen LogP contribution in [-0.4, -0.2) is 30.6 Å². The molecule has 0 bridgehead atoms. The monoisotopic (exact) mass is 344 g/mol. The number of nitrogens with one attached hydrogen (secondary N) is 2. The van der Waals surface area contributed by atoms with Crippen LogP contribution in [0.25, 0.3) is 0 Å². The Morgan fingerprint density at radius 3 is 2.64 bits per heavy atom. The predicted octanol–water partition coefficient (Wildman–Crippen LogP) is 1.64. The van der Waals surface area contributed by atoms with E-state index in [-0.39, 0.29) is 12.5 Å². The van der Waals surface area contributed by atoms with E-state index >= 15 is 0 Å². The van der Waals surface area contributed by atoms with Crippen LogP contribution < -0.4 is 15.4 Å². The molecule has 0 spiro atoms. The number of para-hydroxylation sites is 2. The van der Waals surface area contributed by atoms with Gasteiger partial charge in [0, 0.05) is 0 Å². The quantitative estimate of drug-likeness (QED) is 0.692. The van der Waals surface area contributed by atoms with Gasteiger partial charge in [0.25, 0.3) is 0 Å². The number of carbonyl (C=O) groups excluding carboxylic acids is 2. The van der Waals surface area contributed by atoms with Crippen molar-refractivity contribution in [3.63, 3.8) is 0 Å². The molecular weight excluding hydrogens is 324 g/mol. The first-order chi connectivity index (χ1) is 12.0. The van der Waals surface area contributed by atoms with Crippen LogP contribution in [0.2, 0.25) is 0 Å². The average molecular weight is 344 g/mol. The molecule has 25 heavy (non-hydrogen) atoms. The molecule has 1 aliphatic rings. The Morgan fingerprint density at radius 1 is 1.24 bits per heavy atom. The fraction of sp³-hybridized carbons (Fsp3) is 0.333. The number of hydrogen-bond acceptors (Lipinski definition) is 5. The molecule has 2 aromatic rings. The lowest BCUT2D eigenvalue weighted by molar-refractivity contribution is -0.137. The van der Waals surface area contributed by atoms with E-state index in [1.807, 2.05) is 0 Å². The van der Waals surface area contributed by atoms with Gasteiger partial charge in [-0.05, 0) is 43.0 Å². The smallest absolute Gasteiger partial charge is 0.313 e. The number of ether oxygens (including phenoxy) is 1. The zero-order chi connectivity index (χ0) is 17.9. The highest BCUT2D eigenvalue weighted by Gasteiger charge is 2.47. The summed E-state index contributed by atoms with van der Waals surface area (Å²) in [6.07, 6.45) is 3.17. The molecule has 0 aliphatic heterocycles. The zero-order valence-electron chi connectivity index (χ0n) is 13.8. The van der Waals surface area contributed by atoms with Gasteiger partial charge in [0.05, 0.1) is 25.6 Å². The number of furan rings is 1. The van der Waals surface area contributed by atoms with E-state index in [2.05, 4.69) is 10.6 Å². The molecule has 0 radical (unpaired) electrons. The van der Waals surface area contributed by atoms with Crippen LogP contribution >= 0.6 is 0 Å². The minimum atomic E-state index is -1.30. The first-order valence-corrected chi connectivity index (χ1v) is 8.03. The lowest BCUT2D eigenvalue weighted by Gasteiger charge is -2.26. The van der Waals surface area contributed by atoms with Gasteiger partial charge in [-0.25, -0.2) is 0 Å². The summed E-state index contributed by atoms with van der Waals surface area (Å²) < 4.78 is 10.4. The largest absolute Gasteiger partial charge is 0.495 e. The fourth-order valence-corrected chi connectivity index (χ4v) is 2.74. The van der Waals surface area contributed by atoms with Crippen molar-refractivity contribution in [3.8, 4) is 5.75 Å². The van der Waals surface area contributed by atoms with Crippen molar-refractivity contribution in [3.05, 3.63) is 48.4 Å². The third kappa shape index (κ3) is 3.66. The second-order valence-electron chi connectivity index (χ2n) is 6.01. The minimum Gasteiger partial charge on any atom is -0.495 e. The number of hydrogen-bond donors (Lipinski definition) is 3. The van der Waals surface area contributed by atoms with Gasteiger partial charge < -0.3 is 24.9 Å². The lowest BCUT2D eigenvalue weighted by atomic mass is 9.94. The van der Waals surface area contributed by atoms with E-state index in [9.17, 15) is 14.7 Å². The Bertz CT molecular complexity index is 755. The molecule has 1 aromatic carbocycles. The van der Waals surface area contributed by atoms with E-state index in [1.54, 1.807) is 36.4 Å². The number of rotatable bonds is 6. The summed E-state index contributed by atoms with van der Waals surface area (Å²) in [6, 6.07) is 10.1. The number of amides is 2. The number of carbonyl (C=O) groups is 2. The van der Waals surface area contributed by atoms with E-state index in [4.69, 9.17) is 9.15 Å². The molecule has 1 unspecified atom stereocenters. The number of benzene rings is 1. The Balaban J connectivity index is 1.62. The van der Waals surface area contributed by atoms with Gasteiger partial charge in [0.2, 0.25) is 0 Å². The zero-order valence-corrected chi connectivity index (χ0v) is 13.8. The predicted molar refractivity (Wildman–Crippen MR) is 90.0 cm³/mol. The lowest BCUT2D eigenvalue weighted by Crippen LogP contribution is -2.45. The van der Waals surface area contributed by atoms with Gasteiger partial charge >= 0.3 is 11.8 Å². The number of aliphatic hydroxyl groups is 1. The summed E-state index contributed by atoms with van der Waals surface area (Å²) in [5.74, 6) is -0.816. The second-order valence-corrected chi connectivity index (χ2v) is 6.01. The molecule has 1 heterocycles. The summed E-state index contributed by atoms with van der Waals surface area (Å²) in [5, 5.41) is 15.8. The van der Waals surface area contributed by atoms with Crippen LogP contribution in [0, 0.1) is 5.92 Å². The van der Waals surface area contributed by atoms with E-state index in [1.165, 1.54) is 13.4 Å². The molecule has 1 aliphatic carbocycles. The maximum atomic E-state index is 12.1. The maximum absolute atomic E-state index is 12.1. The Morgan fingerprint density at radius 2 is 2.00 bits per heavy atom. The molecule has 7 nitrogen and oxygen atoms in total. The Hall–Kier alpha value is -2.80. The highest BCUT2D eigenvalue weighted by Crippen LogP contribution is 2.45. The van der Waals surface area contributed by atoms with Gasteiger partial charge in [0.1, 0.15) is 17.1 Å². The minimum absolute atomic E-state index is 0.0104. The molecule has 0 saturated heterocycles. The van der Waals surface area contributed by atoms with Crippen molar-refractivity contribution in [1.29, 1.82) is 0 Å². The summed E-state index contributed by atoms with van der Waals surface area (Å²) in [6.45, 7) is -0.0939. The SMILES string of the molecule is COc1ccccc1NC(=O)C(=O)NCC(O)(c1ccco1)C1CC1. The van der Waals surface area contributed by atoms with E-state index in [0.717, 1.165) is 12.8 Å². The molecule has 7 heteroatoms. The molecule has 3 rings (SSSR count). The Kier molecular flexibility index (Phi) is 4.76. The average Bonchev–Trinajstić information content (AvgIpc) is 3.34. The molecule has 1 atom stereocenters. The van der Waals surface area contributed by atoms with Crippen LogP contribution in [0.5, 0.6) is 5.75 Å². The van der Waals surface area contributed by atoms with Gasteiger partial charge in [-0.3, -0.25) is 9.59 Å². The summed E-state index contributed by atoms with van der Waals surface area (Å²) in [4.78, 5) is 24.2. The van der Waals surface area contributed by atoms with Gasteiger partial charge in [-0.2, -0.15) is 0 Å². The molecule has 1 fully saturated rings. The molecule has 2 amide bonds. The van der Waals surface area contributed by atoms with Crippen LogP contribution in [0.4, 0.5) is 5.69 Å². The highest BCUT2D eigenvalue weighted by atomic mass is 16.5. The topological polar surface area (TPSA) is 101 Å². The van der Waals surface area contributed by atoms with Crippen molar-refractivity contribution in [1.82, 2.24) is 5.32 Å². The first-order valence-electron chi connectivity index (χ1n) is 8.03. The van der Waals surface area contributed by atoms with Crippen LogP contribution in [0.15, 0.2) is 47.1 Å². The van der Waals surface area contributed by atoms with Gasteiger partial charge in [0.15, 0.2) is 0 Å². The standard InChI is InChI=1S/C18H20N2O5/c1-24-14-6-3-2-5-13(14)20-17(22)16(21)19-11-18(23,12-8-9-12)15-7-4-10-25-15/h2-7,10,12,23H,8-9,11H2,1H3,(H,19,21)(H,20,22). The molecule has 3 N–H and O–H groups in total. The van der Waals surface area contributed by atoms with Crippen LogP contribution in [0.3, 0.4) is 0 Å².